The highest BCUT2D eigenvalue weighted by atomic mass is 17.3. The molecule has 104 valence electrons. The summed E-state index contributed by atoms with van der Waals surface area (Å²) < 4.78 is 0. The molecule has 20 heavy (non-hydrogen) atoms. The summed E-state index contributed by atoms with van der Waals surface area (Å²) in [6.07, 6.45) is 0. The average Bonchev–Trinajstić information content (AvgIpc) is 2.48. The molecular formula is C18H20O2. The maximum atomic E-state index is 5.57. The molecule has 2 heteroatoms. The third-order valence-corrected chi connectivity index (χ3v) is 4.67. The summed E-state index contributed by atoms with van der Waals surface area (Å²) in [7, 11) is 0. The Balaban J connectivity index is 2.06. The van der Waals surface area contributed by atoms with E-state index in [4.69, 9.17) is 9.78 Å². The Morgan fingerprint density at radius 3 is 1.85 bits per heavy atom. The molecule has 2 nitrogen and oxygen atoms in total. The topological polar surface area (TPSA) is 18.5 Å². The first-order chi connectivity index (χ1) is 9.47. The van der Waals surface area contributed by atoms with E-state index in [9.17, 15) is 0 Å². The van der Waals surface area contributed by atoms with Crippen LogP contribution in [0.3, 0.4) is 0 Å². The Morgan fingerprint density at radius 1 is 0.700 bits per heavy atom. The van der Waals surface area contributed by atoms with Crippen molar-refractivity contribution < 1.29 is 9.78 Å². The molecule has 3 rings (SSSR count). The van der Waals surface area contributed by atoms with Crippen molar-refractivity contribution in [2.75, 3.05) is 0 Å². The van der Waals surface area contributed by atoms with E-state index in [1.54, 1.807) is 0 Å². The average molecular weight is 268 g/mol. The van der Waals surface area contributed by atoms with Gasteiger partial charge in [0.05, 0.1) is 0 Å². The lowest BCUT2D eigenvalue weighted by molar-refractivity contribution is -0.562. The van der Waals surface area contributed by atoms with Crippen LogP contribution in [0, 0.1) is 13.8 Å². The maximum Gasteiger partial charge on any atom is 0.162 e. The number of hydrogen-bond donors (Lipinski definition) is 0. The summed E-state index contributed by atoms with van der Waals surface area (Å²) >= 11 is 0. The van der Waals surface area contributed by atoms with E-state index in [2.05, 4.69) is 58.0 Å². The molecule has 1 fully saturated rings. The summed E-state index contributed by atoms with van der Waals surface area (Å²) in [5.41, 5.74) is 3.92. The molecule has 2 aromatic carbocycles. The quantitative estimate of drug-likeness (QED) is 0.752. The van der Waals surface area contributed by atoms with Crippen LogP contribution in [0.4, 0.5) is 0 Å². The molecule has 0 N–H and O–H groups in total. The van der Waals surface area contributed by atoms with Gasteiger partial charge in [0.1, 0.15) is 0 Å². The highest BCUT2D eigenvalue weighted by Crippen LogP contribution is 2.54. The lowest BCUT2D eigenvalue weighted by Crippen LogP contribution is -2.58. The zero-order valence-corrected chi connectivity index (χ0v) is 12.4. The van der Waals surface area contributed by atoms with Gasteiger partial charge in [-0.05, 0) is 49.9 Å². The van der Waals surface area contributed by atoms with Crippen molar-refractivity contribution in [2.45, 2.75) is 38.9 Å². The second-order valence-electron chi connectivity index (χ2n) is 5.90. The molecule has 0 saturated carbocycles. The van der Waals surface area contributed by atoms with Crippen molar-refractivity contribution in [3.8, 4) is 0 Å². The predicted molar refractivity (Wildman–Crippen MR) is 79.2 cm³/mol. The molecule has 0 spiro atoms. The van der Waals surface area contributed by atoms with Crippen molar-refractivity contribution in [1.29, 1.82) is 0 Å². The molecule has 0 aromatic heterocycles. The van der Waals surface area contributed by atoms with Crippen LogP contribution >= 0.6 is 0 Å². The lowest BCUT2D eigenvalue weighted by Gasteiger charge is -2.53. The molecule has 0 aliphatic carbocycles. The summed E-state index contributed by atoms with van der Waals surface area (Å²) in [5, 5.41) is 0. The van der Waals surface area contributed by atoms with Crippen molar-refractivity contribution >= 4 is 0 Å². The second-order valence-corrected chi connectivity index (χ2v) is 5.90. The van der Waals surface area contributed by atoms with E-state index in [0.717, 1.165) is 11.1 Å². The van der Waals surface area contributed by atoms with Gasteiger partial charge in [-0.15, -0.1) is 0 Å². The van der Waals surface area contributed by atoms with Gasteiger partial charge in [-0.2, -0.15) is 0 Å². The van der Waals surface area contributed by atoms with Gasteiger partial charge in [-0.1, -0.05) is 48.5 Å². The van der Waals surface area contributed by atoms with Crippen molar-refractivity contribution in [3.63, 3.8) is 0 Å². The van der Waals surface area contributed by atoms with Crippen LogP contribution in [0.5, 0.6) is 0 Å². The number of hydrogen-bond acceptors (Lipinski definition) is 2. The third kappa shape index (κ3) is 1.72. The van der Waals surface area contributed by atoms with Crippen LogP contribution in [0.25, 0.3) is 0 Å². The zero-order valence-electron chi connectivity index (χ0n) is 12.4. The first-order valence-corrected chi connectivity index (χ1v) is 6.97. The highest BCUT2D eigenvalue weighted by Gasteiger charge is 2.60. The predicted octanol–water partition coefficient (Wildman–Crippen LogP) is 4.40. The van der Waals surface area contributed by atoms with E-state index in [-0.39, 0.29) is 0 Å². The summed E-state index contributed by atoms with van der Waals surface area (Å²) in [4.78, 5) is 11.1. The fourth-order valence-electron chi connectivity index (χ4n) is 2.73. The Labute approximate surface area is 120 Å². The van der Waals surface area contributed by atoms with Gasteiger partial charge >= 0.3 is 0 Å². The van der Waals surface area contributed by atoms with Crippen molar-refractivity contribution in [1.82, 2.24) is 0 Å². The minimum absolute atomic E-state index is 0.462. The summed E-state index contributed by atoms with van der Waals surface area (Å²) in [6.45, 7) is 8.42. The Kier molecular flexibility index (Phi) is 2.96. The Morgan fingerprint density at radius 2 is 1.30 bits per heavy atom. The normalized spacial score (nSPS) is 29.0. The third-order valence-electron chi connectivity index (χ3n) is 4.67. The minimum Gasteiger partial charge on any atom is -0.221 e. The van der Waals surface area contributed by atoms with Crippen LogP contribution < -0.4 is 0 Å². The van der Waals surface area contributed by atoms with Crippen LogP contribution in [0.15, 0.2) is 48.5 Å². The first kappa shape index (κ1) is 13.3. The van der Waals surface area contributed by atoms with E-state index in [1.165, 1.54) is 11.1 Å². The second kappa shape index (κ2) is 4.44. The molecule has 1 heterocycles. The molecule has 0 amide bonds. The van der Waals surface area contributed by atoms with Crippen LogP contribution in [-0.2, 0) is 21.0 Å². The molecule has 2 unspecified atom stereocenters. The number of aryl methyl sites for hydroxylation is 2. The highest BCUT2D eigenvalue weighted by molar-refractivity contribution is 5.39. The van der Waals surface area contributed by atoms with E-state index < -0.39 is 11.2 Å². The smallest absolute Gasteiger partial charge is 0.162 e. The molecule has 1 aliphatic rings. The fraction of sp³-hybridized carbons (Fsp3) is 0.333. The van der Waals surface area contributed by atoms with Crippen molar-refractivity contribution in [3.05, 3.63) is 70.8 Å². The van der Waals surface area contributed by atoms with Crippen LogP contribution in [-0.4, -0.2) is 0 Å². The van der Waals surface area contributed by atoms with Gasteiger partial charge in [0.25, 0.3) is 0 Å². The largest absolute Gasteiger partial charge is 0.221 e. The van der Waals surface area contributed by atoms with Gasteiger partial charge in [0.2, 0.25) is 0 Å². The maximum absolute atomic E-state index is 5.57. The fourth-order valence-corrected chi connectivity index (χ4v) is 2.73. The van der Waals surface area contributed by atoms with E-state index in [1.807, 2.05) is 18.2 Å². The summed E-state index contributed by atoms with van der Waals surface area (Å²) in [6, 6.07) is 16.7. The minimum atomic E-state index is -0.465. The molecule has 2 atom stereocenters. The monoisotopic (exact) mass is 268 g/mol. The van der Waals surface area contributed by atoms with Crippen LogP contribution in [0.1, 0.15) is 36.1 Å². The van der Waals surface area contributed by atoms with Gasteiger partial charge in [0, 0.05) is 0 Å². The lowest BCUT2D eigenvalue weighted by atomic mass is 9.74. The van der Waals surface area contributed by atoms with Crippen LogP contribution in [0.2, 0.25) is 0 Å². The van der Waals surface area contributed by atoms with E-state index in [0.29, 0.717) is 0 Å². The van der Waals surface area contributed by atoms with Gasteiger partial charge in [-0.3, -0.25) is 0 Å². The molecular weight excluding hydrogens is 248 g/mol. The molecule has 1 saturated heterocycles. The Hall–Kier alpha value is -1.64. The standard InChI is InChI=1S/C18H20O2/c1-13-10-11-16(12-14(13)2)18(4)17(3,19-20-18)15-8-6-5-7-9-15/h5-12H,1-4H3. The zero-order chi connectivity index (χ0) is 14.4. The van der Waals surface area contributed by atoms with Gasteiger partial charge in [0.15, 0.2) is 11.2 Å². The molecule has 0 bridgehead atoms. The van der Waals surface area contributed by atoms with Gasteiger partial charge < -0.3 is 0 Å². The number of rotatable bonds is 2. The molecule has 0 radical (unpaired) electrons. The van der Waals surface area contributed by atoms with E-state index >= 15 is 0 Å². The van der Waals surface area contributed by atoms with Crippen molar-refractivity contribution in [2.24, 2.45) is 0 Å². The van der Waals surface area contributed by atoms with Gasteiger partial charge in [-0.25, -0.2) is 9.78 Å². The SMILES string of the molecule is Cc1ccc(C2(C)OOC2(C)c2ccccc2)cc1C. The number of benzene rings is 2. The molecule has 1 aliphatic heterocycles. The summed E-state index contributed by atoms with van der Waals surface area (Å²) in [5.74, 6) is 0. The first-order valence-electron chi connectivity index (χ1n) is 6.97. The molecule has 2 aromatic rings. The Bertz CT molecular complexity index is 635.